The van der Waals surface area contributed by atoms with Gasteiger partial charge in [0, 0.05) is 30.8 Å². The number of benzene rings is 3. The maximum Gasteiger partial charge on any atom is 0.243 e. The Labute approximate surface area is 199 Å². The molecule has 172 valence electrons. The van der Waals surface area contributed by atoms with Gasteiger partial charge >= 0.3 is 0 Å². The summed E-state index contributed by atoms with van der Waals surface area (Å²) in [5.74, 6) is 0.0747. The van der Waals surface area contributed by atoms with Crippen LogP contribution in [-0.4, -0.2) is 35.1 Å². The molecular weight excluding hydrogens is 435 g/mol. The van der Waals surface area contributed by atoms with E-state index < -0.39 is 6.04 Å². The lowest BCUT2D eigenvalue weighted by Gasteiger charge is -2.31. The highest BCUT2D eigenvalue weighted by atomic mass is 32.2. The monoisotopic (exact) mass is 464 g/mol. The number of amides is 2. The van der Waals surface area contributed by atoms with E-state index >= 15 is 0 Å². The number of likely N-dealkylation sites (N-methyl/N-ethyl adjacent to an activating group) is 1. The molecule has 0 radical (unpaired) electrons. The molecule has 1 atom stereocenters. The number of carbonyl (C=O) groups is 2. The van der Waals surface area contributed by atoms with Crippen LogP contribution in [0, 0.1) is 5.82 Å². The third kappa shape index (κ3) is 7.46. The van der Waals surface area contributed by atoms with Gasteiger partial charge in [-0.2, -0.15) is 0 Å². The van der Waals surface area contributed by atoms with Crippen LogP contribution in [0.3, 0.4) is 0 Å². The minimum absolute atomic E-state index is 0.0338. The lowest BCUT2D eigenvalue weighted by Crippen LogP contribution is -2.51. The van der Waals surface area contributed by atoms with Gasteiger partial charge in [0.1, 0.15) is 11.9 Å². The Bertz CT molecular complexity index is 1030. The number of hydrogen-bond donors (Lipinski definition) is 1. The summed E-state index contributed by atoms with van der Waals surface area (Å²) >= 11 is 1.49. The van der Waals surface area contributed by atoms with Crippen molar-refractivity contribution in [3.8, 4) is 0 Å². The Balaban J connectivity index is 1.84. The second-order valence-corrected chi connectivity index (χ2v) is 8.68. The number of carbonyl (C=O) groups excluding carboxylic acids is 2. The second-order valence-electron chi connectivity index (χ2n) is 7.69. The van der Waals surface area contributed by atoms with Crippen molar-refractivity contribution in [3.05, 3.63) is 107 Å². The fourth-order valence-electron chi connectivity index (χ4n) is 3.57. The van der Waals surface area contributed by atoms with Gasteiger partial charge in [-0.15, -0.1) is 11.8 Å². The molecule has 0 fully saturated rings. The molecule has 2 amide bonds. The Morgan fingerprint density at radius 1 is 0.909 bits per heavy atom. The minimum atomic E-state index is -0.739. The molecule has 0 aliphatic carbocycles. The Morgan fingerprint density at radius 3 is 2.15 bits per heavy atom. The molecule has 6 heteroatoms. The topological polar surface area (TPSA) is 49.4 Å². The normalized spacial score (nSPS) is 11.6. The highest BCUT2D eigenvalue weighted by molar-refractivity contribution is 7.99. The summed E-state index contributed by atoms with van der Waals surface area (Å²) < 4.78 is 14.5. The molecule has 3 rings (SSSR count). The summed E-state index contributed by atoms with van der Waals surface area (Å²) in [7, 11) is 0. The summed E-state index contributed by atoms with van der Waals surface area (Å²) in [4.78, 5) is 28.0. The maximum atomic E-state index is 14.5. The summed E-state index contributed by atoms with van der Waals surface area (Å²) in [6, 6.07) is 25.2. The van der Waals surface area contributed by atoms with Gasteiger partial charge in [0.15, 0.2) is 0 Å². The quantitative estimate of drug-likeness (QED) is 0.442. The van der Waals surface area contributed by atoms with E-state index in [0.29, 0.717) is 24.3 Å². The summed E-state index contributed by atoms with van der Waals surface area (Å²) in [6.07, 6.45) is 0.357. The molecule has 0 spiro atoms. The lowest BCUT2D eigenvalue weighted by molar-refractivity contribution is -0.139. The number of rotatable bonds is 11. The largest absolute Gasteiger partial charge is 0.355 e. The summed E-state index contributed by atoms with van der Waals surface area (Å²) in [5, 5.41) is 2.85. The second kappa shape index (κ2) is 12.8. The molecule has 0 saturated carbocycles. The average Bonchev–Trinajstić information content (AvgIpc) is 2.84. The van der Waals surface area contributed by atoms with Gasteiger partial charge in [0.05, 0.1) is 5.75 Å². The lowest BCUT2D eigenvalue weighted by atomic mass is 10.0. The van der Waals surface area contributed by atoms with E-state index in [2.05, 4.69) is 5.32 Å². The van der Waals surface area contributed by atoms with E-state index in [9.17, 15) is 14.0 Å². The van der Waals surface area contributed by atoms with Crippen LogP contribution < -0.4 is 5.32 Å². The zero-order valence-corrected chi connectivity index (χ0v) is 19.6. The van der Waals surface area contributed by atoms with Crippen LogP contribution in [0.25, 0.3) is 0 Å². The van der Waals surface area contributed by atoms with E-state index in [-0.39, 0.29) is 29.9 Å². The number of thioether (sulfide) groups is 1. The van der Waals surface area contributed by atoms with Crippen molar-refractivity contribution in [2.75, 3.05) is 12.3 Å². The number of hydrogen-bond acceptors (Lipinski definition) is 3. The first kappa shape index (κ1) is 24.5. The molecule has 1 N–H and O–H groups in total. The molecule has 0 aromatic heterocycles. The molecule has 0 bridgehead atoms. The van der Waals surface area contributed by atoms with Crippen LogP contribution in [0.2, 0.25) is 0 Å². The van der Waals surface area contributed by atoms with Gasteiger partial charge in [0.25, 0.3) is 0 Å². The molecular formula is C27H29FN2O2S. The van der Waals surface area contributed by atoms with Crippen molar-refractivity contribution in [1.29, 1.82) is 0 Å². The molecule has 33 heavy (non-hydrogen) atoms. The molecule has 4 nitrogen and oxygen atoms in total. The zero-order valence-electron chi connectivity index (χ0n) is 18.7. The van der Waals surface area contributed by atoms with Crippen LogP contribution in [0.15, 0.2) is 84.9 Å². The smallest absolute Gasteiger partial charge is 0.243 e. The van der Waals surface area contributed by atoms with Gasteiger partial charge in [-0.25, -0.2) is 4.39 Å². The molecule has 3 aromatic rings. The molecule has 1 unspecified atom stereocenters. The predicted octanol–water partition coefficient (Wildman–Crippen LogP) is 4.84. The molecule has 0 aliphatic rings. The van der Waals surface area contributed by atoms with Crippen molar-refractivity contribution in [2.24, 2.45) is 0 Å². The van der Waals surface area contributed by atoms with E-state index in [0.717, 1.165) is 11.1 Å². The standard InChI is InChI=1S/C27H29FN2O2S/c1-2-29-27(32)25(17-21-11-5-3-6-12-21)30(18-23-15-9-10-16-24(23)28)26(31)20-33-19-22-13-7-4-8-14-22/h3-16,25H,2,17-20H2,1H3,(H,29,32). The van der Waals surface area contributed by atoms with E-state index in [1.165, 1.54) is 22.7 Å². The fraction of sp³-hybridized carbons (Fsp3) is 0.259. The summed E-state index contributed by atoms with van der Waals surface area (Å²) in [6.45, 7) is 2.33. The Morgan fingerprint density at radius 2 is 1.52 bits per heavy atom. The first-order valence-electron chi connectivity index (χ1n) is 11.0. The van der Waals surface area contributed by atoms with Crippen molar-refractivity contribution in [2.45, 2.75) is 31.7 Å². The maximum absolute atomic E-state index is 14.5. The van der Waals surface area contributed by atoms with Gasteiger partial charge in [-0.05, 0) is 24.1 Å². The van der Waals surface area contributed by atoms with Crippen molar-refractivity contribution >= 4 is 23.6 Å². The van der Waals surface area contributed by atoms with Crippen molar-refractivity contribution in [1.82, 2.24) is 10.2 Å². The number of halogens is 1. The molecule has 3 aromatic carbocycles. The summed E-state index contributed by atoms with van der Waals surface area (Å²) in [5.41, 5.74) is 2.46. The molecule has 0 heterocycles. The minimum Gasteiger partial charge on any atom is -0.355 e. The predicted molar refractivity (Wildman–Crippen MR) is 132 cm³/mol. The molecule has 0 saturated heterocycles. The van der Waals surface area contributed by atoms with Gasteiger partial charge in [0.2, 0.25) is 11.8 Å². The molecule has 0 aliphatic heterocycles. The van der Waals surface area contributed by atoms with E-state index in [1.807, 2.05) is 67.6 Å². The zero-order chi connectivity index (χ0) is 23.5. The van der Waals surface area contributed by atoms with Gasteiger partial charge in [-0.3, -0.25) is 9.59 Å². The van der Waals surface area contributed by atoms with Crippen molar-refractivity contribution < 1.29 is 14.0 Å². The Hall–Kier alpha value is -3.12. The number of nitrogens with one attached hydrogen (secondary N) is 1. The van der Waals surface area contributed by atoms with Gasteiger partial charge in [-0.1, -0.05) is 78.9 Å². The third-order valence-electron chi connectivity index (χ3n) is 5.26. The van der Waals surface area contributed by atoms with E-state index in [4.69, 9.17) is 0 Å². The van der Waals surface area contributed by atoms with Crippen LogP contribution in [0.5, 0.6) is 0 Å². The van der Waals surface area contributed by atoms with E-state index in [1.54, 1.807) is 18.2 Å². The van der Waals surface area contributed by atoms with Gasteiger partial charge < -0.3 is 10.2 Å². The highest BCUT2D eigenvalue weighted by Crippen LogP contribution is 2.19. The van der Waals surface area contributed by atoms with Crippen LogP contribution in [-0.2, 0) is 28.3 Å². The first-order chi connectivity index (χ1) is 16.1. The highest BCUT2D eigenvalue weighted by Gasteiger charge is 2.30. The van der Waals surface area contributed by atoms with Crippen LogP contribution in [0.4, 0.5) is 4.39 Å². The fourth-order valence-corrected chi connectivity index (χ4v) is 4.44. The van der Waals surface area contributed by atoms with Crippen LogP contribution >= 0.6 is 11.8 Å². The SMILES string of the molecule is CCNC(=O)C(Cc1ccccc1)N(Cc1ccccc1F)C(=O)CSCc1ccccc1. The van der Waals surface area contributed by atoms with Crippen molar-refractivity contribution in [3.63, 3.8) is 0 Å². The Kier molecular flexibility index (Phi) is 9.51. The average molecular weight is 465 g/mol. The first-order valence-corrected chi connectivity index (χ1v) is 12.2. The number of nitrogens with zero attached hydrogens (tertiary/aromatic N) is 1. The van der Waals surface area contributed by atoms with Crippen LogP contribution in [0.1, 0.15) is 23.6 Å². The third-order valence-corrected chi connectivity index (χ3v) is 6.25.